The third-order valence-corrected chi connectivity index (χ3v) is 3.09. The minimum atomic E-state index is 0.132. The van der Waals surface area contributed by atoms with Crippen LogP contribution in [0.3, 0.4) is 0 Å². The average molecular weight is 244 g/mol. The second-order valence-electron chi connectivity index (χ2n) is 4.52. The number of hydrogen-bond donors (Lipinski definition) is 1. The standard InChI is InChI=1S/C14H20N4/c1-4-6-16-13(14-17-8-9-18(14)3)12-5-7-15-10-11(12)2/h5,7-10,13,16H,4,6H2,1-3H3. The highest BCUT2D eigenvalue weighted by Gasteiger charge is 2.18. The maximum absolute atomic E-state index is 4.47. The molecule has 0 aliphatic rings. The monoisotopic (exact) mass is 244 g/mol. The van der Waals surface area contributed by atoms with Gasteiger partial charge in [0, 0.05) is 31.8 Å². The number of hydrogen-bond acceptors (Lipinski definition) is 3. The van der Waals surface area contributed by atoms with Gasteiger partial charge in [0.15, 0.2) is 0 Å². The first-order chi connectivity index (χ1) is 8.74. The SMILES string of the molecule is CCCNC(c1ccncc1C)c1nccn1C. The third-order valence-electron chi connectivity index (χ3n) is 3.09. The van der Waals surface area contributed by atoms with Crippen LogP contribution >= 0.6 is 0 Å². The van der Waals surface area contributed by atoms with Crippen molar-refractivity contribution in [2.75, 3.05) is 6.54 Å². The molecular weight excluding hydrogens is 224 g/mol. The predicted octanol–water partition coefficient (Wildman–Crippen LogP) is 2.21. The minimum absolute atomic E-state index is 0.132. The number of nitrogens with zero attached hydrogens (tertiary/aromatic N) is 3. The molecule has 96 valence electrons. The van der Waals surface area contributed by atoms with Gasteiger partial charge in [-0.05, 0) is 37.1 Å². The van der Waals surface area contributed by atoms with Gasteiger partial charge in [0.2, 0.25) is 0 Å². The molecule has 1 atom stereocenters. The van der Waals surface area contributed by atoms with Gasteiger partial charge < -0.3 is 9.88 Å². The van der Waals surface area contributed by atoms with Gasteiger partial charge in [-0.15, -0.1) is 0 Å². The maximum Gasteiger partial charge on any atom is 0.130 e. The largest absolute Gasteiger partial charge is 0.336 e. The number of imidazole rings is 1. The third kappa shape index (κ3) is 2.59. The zero-order valence-electron chi connectivity index (χ0n) is 11.2. The Balaban J connectivity index is 2.37. The van der Waals surface area contributed by atoms with Crippen LogP contribution in [0.5, 0.6) is 0 Å². The molecule has 2 aromatic heterocycles. The highest BCUT2D eigenvalue weighted by molar-refractivity contribution is 5.30. The Bertz CT molecular complexity index is 504. The Hall–Kier alpha value is -1.68. The van der Waals surface area contributed by atoms with Crippen LogP contribution in [0.2, 0.25) is 0 Å². The van der Waals surface area contributed by atoms with Crippen molar-refractivity contribution < 1.29 is 0 Å². The number of aryl methyl sites for hydroxylation is 2. The van der Waals surface area contributed by atoms with Crippen molar-refractivity contribution >= 4 is 0 Å². The molecule has 4 nitrogen and oxygen atoms in total. The zero-order valence-corrected chi connectivity index (χ0v) is 11.2. The molecule has 1 N–H and O–H groups in total. The van der Waals surface area contributed by atoms with E-state index in [1.165, 1.54) is 11.1 Å². The Kier molecular flexibility index (Phi) is 4.10. The predicted molar refractivity (Wildman–Crippen MR) is 72.3 cm³/mol. The molecule has 18 heavy (non-hydrogen) atoms. The Morgan fingerprint density at radius 2 is 2.22 bits per heavy atom. The van der Waals surface area contributed by atoms with Crippen molar-refractivity contribution in [1.29, 1.82) is 0 Å². The fourth-order valence-corrected chi connectivity index (χ4v) is 2.09. The van der Waals surface area contributed by atoms with E-state index in [4.69, 9.17) is 0 Å². The Labute approximate surface area is 108 Å². The van der Waals surface area contributed by atoms with E-state index in [0.29, 0.717) is 0 Å². The van der Waals surface area contributed by atoms with Crippen molar-refractivity contribution in [3.8, 4) is 0 Å². The summed E-state index contributed by atoms with van der Waals surface area (Å²) in [5, 5.41) is 3.56. The second-order valence-corrected chi connectivity index (χ2v) is 4.52. The van der Waals surface area contributed by atoms with Crippen LogP contribution < -0.4 is 5.32 Å². The van der Waals surface area contributed by atoms with Crippen molar-refractivity contribution in [3.05, 3.63) is 47.8 Å². The lowest BCUT2D eigenvalue weighted by atomic mass is 10.0. The number of pyridine rings is 1. The molecule has 0 saturated heterocycles. The molecule has 0 aromatic carbocycles. The molecule has 4 heteroatoms. The van der Waals surface area contributed by atoms with E-state index in [2.05, 4.69) is 39.8 Å². The van der Waals surface area contributed by atoms with Crippen molar-refractivity contribution in [1.82, 2.24) is 19.9 Å². The van der Waals surface area contributed by atoms with Crippen LogP contribution in [0, 0.1) is 6.92 Å². The van der Waals surface area contributed by atoms with Crippen LogP contribution in [0.4, 0.5) is 0 Å². The molecular formula is C14H20N4. The molecule has 0 amide bonds. The summed E-state index contributed by atoms with van der Waals surface area (Å²) in [5.41, 5.74) is 2.43. The summed E-state index contributed by atoms with van der Waals surface area (Å²) in [6.45, 7) is 5.23. The van der Waals surface area contributed by atoms with Gasteiger partial charge in [-0.3, -0.25) is 4.98 Å². The summed E-state index contributed by atoms with van der Waals surface area (Å²) in [6.07, 6.45) is 8.66. The van der Waals surface area contributed by atoms with Gasteiger partial charge in [0.1, 0.15) is 5.82 Å². The molecule has 2 aromatic rings. The minimum Gasteiger partial charge on any atom is -0.336 e. The van der Waals surface area contributed by atoms with Crippen LogP contribution in [0.1, 0.15) is 36.3 Å². The normalized spacial score (nSPS) is 12.6. The van der Waals surface area contributed by atoms with Crippen LogP contribution in [-0.4, -0.2) is 21.1 Å². The molecule has 0 bridgehead atoms. The van der Waals surface area contributed by atoms with E-state index < -0.39 is 0 Å². The van der Waals surface area contributed by atoms with Gasteiger partial charge in [-0.2, -0.15) is 0 Å². The first kappa shape index (κ1) is 12.8. The zero-order chi connectivity index (χ0) is 13.0. The van der Waals surface area contributed by atoms with Crippen molar-refractivity contribution in [3.63, 3.8) is 0 Å². The van der Waals surface area contributed by atoms with E-state index >= 15 is 0 Å². The van der Waals surface area contributed by atoms with Crippen molar-refractivity contribution in [2.24, 2.45) is 7.05 Å². The molecule has 0 radical (unpaired) electrons. The summed E-state index contributed by atoms with van der Waals surface area (Å²) < 4.78 is 2.06. The van der Waals surface area contributed by atoms with E-state index in [-0.39, 0.29) is 6.04 Å². The molecule has 1 unspecified atom stereocenters. The summed E-state index contributed by atoms with van der Waals surface area (Å²) in [4.78, 5) is 8.62. The number of rotatable bonds is 5. The lowest BCUT2D eigenvalue weighted by molar-refractivity contribution is 0.553. The molecule has 0 spiro atoms. The van der Waals surface area contributed by atoms with E-state index in [0.717, 1.165) is 18.8 Å². The lowest BCUT2D eigenvalue weighted by Gasteiger charge is -2.20. The Morgan fingerprint density at radius 3 is 2.83 bits per heavy atom. The first-order valence-corrected chi connectivity index (χ1v) is 6.35. The highest BCUT2D eigenvalue weighted by Crippen LogP contribution is 2.22. The lowest BCUT2D eigenvalue weighted by Crippen LogP contribution is -2.26. The average Bonchev–Trinajstić information content (AvgIpc) is 2.78. The summed E-state index contributed by atoms with van der Waals surface area (Å²) in [7, 11) is 2.03. The van der Waals surface area contributed by atoms with Crippen LogP contribution in [0.15, 0.2) is 30.9 Å². The fraction of sp³-hybridized carbons (Fsp3) is 0.429. The van der Waals surface area contributed by atoms with E-state index in [1.54, 1.807) is 0 Å². The summed E-state index contributed by atoms with van der Waals surface area (Å²) in [6, 6.07) is 2.20. The van der Waals surface area contributed by atoms with E-state index in [9.17, 15) is 0 Å². The molecule has 0 saturated carbocycles. The van der Waals surface area contributed by atoms with E-state index in [1.807, 2.05) is 31.8 Å². The topological polar surface area (TPSA) is 42.7 Å². The van der Waals surface area contributed by atoms with Gasteiger partial charge in [0.05, 0.1) is 6.04 Å². The smallest absolute Gasteiger partial charge is 0.130 e. The highest BCUT2D eigenvalue weighted by atomic mass is 15.1. The van der Waals surface area contributed by atoms with Gasteiger partial charge in [-0.25, -0.2) is 4.98 Å². The molecule has 0 aliphatic carbocycles. The Morgan fingerprint density at radius 1 is 1.39 bits per heavy atom. The fourth-order valence-electron chi connectivity index (χ4n) is 2.09. The maximum atomic E-state index is 4.47. The second kappa shape index (κ2) is 5.78. The number of aromatic nitrogens is 3. The molecule has 2 heterocycles. The summed E-state index contributed by atoms with van der Waals surface area (Å²) in [5.74, 6) is 1.04. The number of nitrogens with one attached hydrogen (secondary N) is 1. The molecule has 0 aliphatic heterocycles. The van der Waals surface area contributed by atoms with Gasteiger partial charge in [-0.1, -0.05) is 6.92 Å². The molecule has 0 fully saturated rings. The first-order valence-electron chi connectivity index (χ1n) is 6.35. The molecule has 2 rings (SSSR count). The van der Waals surface area contributed by atoms with Gasteiger partial charge in [0.25, 0.3) is 0 Å². The van der Waals surface area contributed by atoms with Crippen LogP contribution in [0.25, 0.3) is 0 Å². The van der Waals surface area contributed by atoms with Gasteiger partial charge >= 0.3 is 0 Å². The quantitative estimate of drug-likeness (QED) is 0.877. The van der Waals surface area contributed by atoms with Crippen molar-refractivity contribution in [2.45, 2.75) is 26.3 Å². The summed E-state index contributed by atoms with van der Waals surface area (Å²) >= 11 is 0. The van der Waals surface area contributed by atoms with Crippen LogP contribution in [-0.2, 0) is 7.05 Å².